The Morgan fingerprint density at radius 3 is 2.82 bits per heavy atom. The van der Waals surface area contributed by atoms with E-state index in [2.05, 4.69) is 4.98 Å². The van der Waals surface area contributed by atoms with Gasteiger partial charge in [-0.15, -0.1) is 0 Å². The second-order valence-corrected chi connectivity index (χ2v) is 4.26. The lowest BCUT2D eigenvalue weighted by Crippen LogP contribution is -2.14. The Morgan fingerprint density at radius 1 is 1.47 bits per heavy atom. The van der Waals surface area contributed by atoms with Crippen LogP contribution in [-0.2, 0) is 11.3 Å². The summed E-state index contributed by atoms with van der Waals surface area (Å²) in [6.07, 6.45) is -0.0907. The largest absolute Gasteiger partial charge is 0.380 e. The van der Waals surface area contributed by atoms with Gasteiger partial charge in [-0.2, -0.15) is 0 Å². The molecule has 0 aliphatic rings. The number of H-pyrrole nitrogens is 1. The summed E-state index contributed by atoms with van der Waals surface area (Å²) in [4.78, 5) is 2.73. The highest BCUT2D eigenvalue weighted by Gasteiger charge is 2.12. The Kier molecular flexibility index (Phi) is 3.26. The zero-order chi connectivity index (χ0) is 12.6. The molecule has 0 amide bonds. The molecule has 0 radical (unpaired) electrons. The summed E-state index contributed by atoms with van der Waals surface area (Å²) in [5.74, 6) is -1.27. The molecule has 1 unspecified atom stereocenters. The van der Waals surface area contributed by atoms with Gasteiger partial charge in [-0.3, -0.25) is 0 Å². The first-order chi connectivity index (χ1) is 8.02. The fourth-order valence-corrected chi connectivity index (χ4v) is 1.97. The number of imidazole rings is 1. The molecule has 0 aliphatic carbocycles. The molecule has 0 fully saturated rings. The van der Waals surface area contributed by atoms with E-state index in [1.807, 2.05) is 6.92 Å². The van der Waals surface area contributed by atoms with E-state index in [-0.39, 0.29) is 11.6 Å². The van der Waals surface area contributed by atoms with Crippen molar-refractivity contribution in [2.75, 3.05) is 7.11 Å². The van der Waals surface area contributed by atoms with Crippen molar-refractivity contribution in [1.82, 2.24) is 9.55 Å². The molecule has 0 bridgehead atoms. The van der Waals surface area contributed by atoms with E-state index in [0.717, 1.165) is 6.07 Å². The lowest BCUT2D eigenvalue weighted by molar-refractivity contribution is 0.104. The molecule has 1 aromatic carbocycles. The Labute approximate surface area is 102 Å². The van der Waals surface area contributed by atoms with E-state index in [9.17, 15) is 8.78 Å². The zero-order valence-electron chi connectivity index (χ0n) is 9.46. The van der Waals surface area contributed by atoms with Crippen LogP contribution in [0.3, 0.4) is 0 Å². The van der Waals surface area contributed by atoms with Crippen molar-refractivity contribution < 1.29 is 13.5 Å². The number of aromatic amines is 1. The number of nitrogens with one attached hydrogen (secondary N) is 1. The van der Waals surface area contributed by atoms with Gasteiger partial charge in [0.25, 0.3) is 0 Å². The van der Waals surface area contributed by atoms with Crippen LogP contribution in [0.4, 0.5) is 8.78 Å². The van der Waals surface area contributed by atoms with E-state index in [4.69, 9.17) is 17.0 Å². The second-order valence-electron chi connectivity index (χ2n) is 3.87. The lowest BCUT2D eigenvalue weighted by Gasteiger charge is -2.11. The standard InChI is InChI=1S/C11H12F2N2OS/c1-6(16-2)5-15-9-4-7(12)3-8(13)10(9)14-11(15)17/h3-4,6H,5H2,1-2H3,(H,14,17). The number of nitrogens with zero attached hydrogens (tertiary/aromatic N) is 1. The fraction of sp³-hybridized carbons (Fsp3) is 0.364. The van der Waals surface area contributed by atoms with Crippen LogP contribution in [0.25, 0.3) is 11.0 Å². The number of hydrogen-bond donors (Lipinski definition) is 1. The molecule has 2 aromatic rings. The van der Waals surface area contributed by atoms with Gasteiger partial charge >= 0.3 is 0 Å². The van der Waals surface area contributed by atoms with Crippen molar-refractivity contribution >= 4 is 23.3 Å². The second kappa shape index (κ2) is 4.54. The van der Waals surface area contributed by atoms with Gasteiger partial charge < -0.3 is 14.3 Å². The highest BCUT2D eigenvalue weighted by atomic mass is 32.1. The summed E-state index contributed by atoms with van der Waals surface area (Å²) in [5.41, 5.74) is 0.635. The average molecular weight is 258 g/mol. The van der Waals surface area contributed by atoms with Crippen molar-refractivity contribution in [3.63, 3.8) is 0 Å². The number of methoxy groups -OCH3 is 1. The molecule has 1 aromatic heterocycles. The smallest absolute Gasteiger partial charge is 0.178 e. The van der Waals surface area contributed by atoms with Crippen molar-refractivity contribution in [2.24, 2.45) is 0 Å². The minimum atomic E-state index is -0.644. The molecule has 1 N–H and O–H groups in total. The third-order valence-electron chi connectivity index (χ3n) is 2.64. The van der Waals surface area contributed by atoms with E-state index in [1.54, 1.807) is 11.7 Å². The summed E-state index contributed by atoms with van der Waals surface area (Å²) in [7, 11) is 1.57. The van der Waals surface area contributed by atoms with Crippen LogP contribution in [0.15, 0.2) is 12.1 Å². The van der Waals surface area contributed by atoms with Gasteiger partial charge in [-0.1, -0.05) is 0 Å². The molecule has 92 valence electrons. The van der Waals surface area contributed by atoms with Crippen LogP contribution in [0.5, 0.6) is 0 Å². The van der Waals surface area contributed by atoms with Crippen LogP contribution in [-0.4, -0.2) is 22.8 Å². The molecule has 1 heterocycles. The maximum atomic E-state index is 13.5. The zero-order valence-corrected chi connectivity index (χ0v) is 10.3. The number of fused-ring (bicyclic) bond motifs is 1. The van der Waals surface area contributed by atoms with Gasteiger partial charge in [0.05, 0.1) is 18.2 Å². The maximum Gasteiger partial charge on any atom is 0.178 e. The highest BCUT2D eigenvalue weighted by Crippen LogP contribution is 2.19. The molecule has 3 nitrogen and oxygen atoms in total. The van der Waals surface area contributed by atoms with Crippen molar-refractivity contribution in [3.8, 4) is 0 Å². The van der Waals surface area contributed by atoms with Crippen molar-refractivity contribution in [1.29, 1.82) is 0 Å². The Morgan fingerprint density at radius 2 is 2.18 bits per heavy atom. The van der Waals surface area contributed by atoms with Gasteiger partial charge in [0.15, 0.2) is 10.6 Å². The third-order valence-corrected chi connectivity index (χ3v) is 2.97. The number of hydrogen-bond acceptors (Lipinski definition) is 2. The minimum Gasteiger partial charge on any atom is -0.380 e. The first kappa shape index (κ1) is 12.2. The van der Waals surface area contributed by atoms with E-state index in [1.165, 1.54) is 6.07 Å². The molecule has 0 saturated carbocycles. The van der Waals surface area contributed by atoms with E-state index >= 15 is 0 Å². The number of halogens is 2. The third kappa shape index (κ3) is 2.23. The number of rotatable bonds is 3. The summed E-state index contributed by atoms with van der Waals surface area (Å²) >= 11 is 5.08. The molecular formula is C11H12F2N2OS. The van der Waals surface area contributed by atoms with Crippen molar-refractivity contribution in [3.05, 3.63) is 28.5 Å². The Balaban J connectivity index is 2.62. The van der Waals surface area contributed by atoms with Gasteiger partial charge in [0, 0.05) is 13.2 Å². The normalized spacial score (nSPS) is 13.2. The summed E-state index contributed by atoms with van der Waals surface area (Å²) in [6, 6.07) is 2.09. The fourth-order valence-electron chi connectivity index (χ4n) is 1.69. The van der Waals surface area contributed by atoms with Gasteiger partial charge in [-0.25, -0.2) is 8.78 Å². The van der Waals surface area contributed by atoms with Crippen LogP contribution >= 0.6 is 12.2 Å². The summed E-state index contributed by atoms with van der Waals surface area (Å²) in [6.45, 7) is 2.30. The van der Waals surface area contributed by atoms with Crippen LogP contribution in [0.2, 0.25) is 0 Å². The lowest BCUT2D eigenvalue weighted by atomic mass is 10.3. The number of ether oxygens (including phenoxy) is 1. The average Bonchev–Trinajstić information content (AvgIpc) is 2.57. The predicted octanol–water partition coefficient (Wildman–Crippen LogP) is 3.01. The summed E-state index contributed by atoms with van der Waals surface area (Å²) in [5, 5.41) is 0. The van der Waals surface area contributed by atoms with Crippen LogP contribution in [0.1, 0.15) is 6.92 Å². The molecular weight excluding hydrogens is 246 g/mol. The van der Waals surface area contributed by atoms with Gasteiger partial charge in [-0.05, 0) is 25.2 Å². The topological polar surface area (TPSA) is 29.9 Å². The van der Waals surface area contributed by atoms with Gasteiger partial charge in [0.2, 0.25) is 0 Å². The van der Waals surface area contributed by atoms with E-state index < -0.39 is 11.6 Å². The SMILES string of the molecule is COC(C)Cn1c(=S)[nH]c2c(F)cc(F)cc21. The molecule has 17 heavy (non-hydrogen) atoms. The quantitative estimate of drug-likeness (QED) is 0.858. The predicted molar refractivity (Wildman–Crippen MR) is 63.5 cm³/mol. The first-order valence-corrected chi connectivity index (χ1v) is 5.54. The highest BCUT2D eigenvalue weighted by molar-refractivity contribution is 7.71. The first-order valence-electron chi connectivity index (χ1n) is 5.13. The molecule has 2 rings (SSSR count). The number of aromatic nitrogens is 2. The molecule has 0 aliphatic heterocycles. The van der Waals surface area contributed by atoms with E-state index in [0.29, 0.717) is 16.8 Å². The molecule has 0 spiro atoms. The van der Waals surface area contributed by atoms with Crippen LogP contribution < -0.4 is 0 Å². The minimum absolute atomic E-state index is 0.0907. The number of benzene rings is 1. The summed E-state index contributed by atoms with van der Waals surface area (Å²) < 4.78 is 33.8. The van der Waals surface area contributed by atoms with Gasteiger partial charge in [0.1, 0.15) is 11.3 Å². The van der Waals surface area contributed by atoms with Crippen LogP contribution in [0, 0.1) is 16.4 Å². The molecule has 6 heteroatoms. The maximum absolute atomic E-state index is 13.5. The molecule has 1 atom stereocenters. The van der Waals surface area contributed by atoms with Crippen molar-refractivity contribution in [2.45, 2.75) is 19.6 Å². The Hall–Kier alpha value is -1.27. The Bertz CT molecular complexity index is 605. The molecule has 0 saturated heterocycles. The monoisotopic (exact) mass is 258 g/mol.